The van der Waals surface area contributed by atoms with Crippen LogP contribution in [0, 0.1) is 10.1 Å². The highest BCUT2D eigenvalue weighted by molar-refractivity contribution is 6.07. The summed E-state index contributed by atoms with van der Waals surface area (Å²) in [4.78, 5) is 29.0. The fourth-order valence-corrected chi connectivity index (χ4v) is 4.17. The lowest BCUT2D eigenvalue weighted by molar-refractivity contribution is -0.385. The van der Waals surface area contributed by atoms with E-state index in [2.05, 4.69) is 10.5 Å². The summed E-state index contributed by atoms with van der Waals surface area (Å²) in [7, 11) is 4.53. The molecule has 0 radical (unpaired) electrons. The zero-order chi connectivity index (χ0) is 27.5. The minimum Gasteiger partial charge on any atom is -0.493 e. The molecule has 1 aliphatic rings. The number of fused-ring (bicyclic) bond motifs is 2. The van der Waals surface area contributed by atoms with Gasteiger partial charge in [-0.3, -0.25) is 14.9 Å². The van der Waals surface area contributed by atoms with Gasteiger partial charge in [0, 0.05) is 10.9 Å². The first-order valence-corrected chi connectivity index (χ1v) is 11.5. The number of para-hydroxylation sites is 1. The Bertz CT molecular complexity index is 1610. The van der Waals surface area contributed by atoms with E-state index in [0.717, 1.165) is 0 Å². The van der Waals surface area contributed by atoms with Gasteiger partial charge >= 0.3 is 0 Å². The molecule has 0 spiro atoms. The Morgan fingerprint density at radius 1 is 1.03 bits per heavy atom. The summed E-state index contributed by atoms with van der Waals surface area (Å²) in [6.07, 6.45) is 1.18. The molecule has 12 nitrogen and oxygen atoms in total. The zero-order valence-electron chi connectivity index (χ0n) is 21.1. The lowest BCUT2D eigenvalue weighted by atomic mass is 10.0. The highest BCUT2D eigenvalue weighted by Crippen LogP contribution is 2.41. The maximum atomic E-state index is 13.3. The molecular weight excluding hydrogens is 508 g/mol. The van der Waals surface area contributed by atoms with E-state index < -0.39 is 10.8 Å². The second-order valence-electron chi connectivity index (χ2n) is 8.21. The molecule has 12 heteroatoms. The van der Waals surface area contributed by atoms with Crippen molar-refractivity contribution in [3.63, 3.8) is 0 Å². The molecule has 0 aliphatic carbocycles. The number of ether oxygens (including phenoxy) is 5. The molecule has 39 heavy (non-hydrogen) atoms. The number of hydrogen-bond donors (Lipinski definition) is 1. The standard InChI is InChI=1S/C27H22N4O8/c1-35-24-8-15(9-25(36-2)26(24)37-3)20-11-18(17-6-4-5-7-19(17)29-20)27(32)30-28-13-16-10-22-23(39-14-38-22)12-21(16)31(33)34/h4-13H,14H2,1-3H3,(H,30,32)/b28-13+. The first-order valence-electron chi connectivity index (χ1n) is 11.5. The summed E-state index contributed by atoms with van der Waals surface area (Å²) in [5.74, 6) is 1.37. The number of hydrogen-bond acceptors (Lipinski definition) is 10. The molecule has 4 aromatic rings. The summed E-state index contributed by atoms with van der Waals surface area (Å²) in [5, 5.41) is 16.1. The number of amides is 1. The number of hydrazone groups is 1. The van der Waals surface area contributed by atoms with Crippen LogP contribution >= 0.6 is 0 Å². The van der Waals surface area contributed by atoms with Crippen LogP contribution < -0.4 is 29.1 Å². The molecule has 0 fully saturated rings. The number of rotatable bonds is 8. The van der Waals surface area contributed by atoms with Gasteiger partial charge in [0.1, 0.15) is 0 Å². The van der Waals surface area contributed by atoms with Crippen molar-refractivity contribution >= 4 is 28.7 Å². The minimum absolute atomic E-state index is 0.0345. The maximum absolute atomic E-state index is 13.3. The number of nitrogens with one attached hydrogen (secondary N) is 1. The third kappa shape index (κ3) is 4.82. The number of carbonyl (C=O) groups is 1. The van der Waals surface area contributed by atoms with Crippen LogP contribution in [0.3, 0.4) is 0 Å². The van der Waals surface area contributed by atoms with E-state index in [0.29, 0.717) is 50.7 Å². The molecule has 3 aromatic carbocycles. The van der Waals surface area contributed by atoms with Gasteiger partial charge in [-0.2, -0.15) is 5.10 Å². The van der Waals surface area contributed by atoms with Crippen molar-refractivity contribution < 1.29 is 33.4 Å². The monoisotopic (exact) mass is 530 g/mol. The van der Waals surface area contributed by atoms with Crippen LogP contribution in [0.5, 0.6) is 28.7 Å². The Balaban J connectivity index is 1.51. The molecule has 1 amide bonds. The number of nitro benzene ring substituents is 1. The predicted molar refractivity (Wildman–Crippen MR) is 141 cm³/mol. The molecule has 0 atom stereocenters. The van der Waals surface area contributed by atoms with Gasteiger partial charge in [0.05, 0.1) is 60.9 Å². The van der Waals surface area contributed by atoms with Crippen molar-refractivity contribution in [1.29, 1.82) is 0 Å². The first-order chi connectivity index (χ1) is 18.9. The fraction of sp³-hybridized carbons (Fsp3) is 0.148. The molecule has 0 bridgehead atoms. The van der Waals surface area contributed by atoms with Crippen molar-refractivity contribution in [3.8, 4) is 40.0 Å². The van der Waals surface area contributed by atoms with Crippen molar-refractivity contribution in [1.82, 2.24) is 10.4 Å². The molecule has 198 valence electrons. The van der Waals surface area contributed by atoms with E-state index in [9.17, 15) is 14.9 Å². The van der Waals surface area contributed by atoms with Gasteiger partial charge < -0.3 is 23.7 Å². The van der Waals surface area contributed by atoms with E-state index in [-0.39, 0.29) is 23.8 Å². The van der Waals surface area contributed by atoms with E-state index in [1.54, 1.807) is 36.4 Å². The minimum atomic E-state index is -0.564. The largest absolute Gasteiger partial charge is 0.493 e. The second-order valence-corrected chi connectivity index (χ2v) is 8.21. The molecule has 1 N–H and O–H groups in total. The van der Waals surface area contributed by atoms with E-state index in [1.165, 1.54) is 39.7 Å². The number of methoxy groups -OCH3 is 3. The van der Waals surface area contributed by atoms with Crippen LogP contribution in [0.1, 0.15) is 15.9 Å². The summed E-state index contributed by atoms with van der Waals surface area (Å²) in [6.45, 7) is -0.0345. The van der Waals surface area contributed by atoms with Gasteiger partial charge in [0.15, 0.2) is 23.0 Å². The Hall–Kier alpha value is -5.39. The fourth-order valence-electron chi connectivity index (χ4n) is 4.17. The van der Waals surface area contributed by atoms with E-state index in [1.807, 2.05) is 6.07 Å². The van der Waals surface area contributed by atoms with Crippen LogP contribution in [-0.4, -0.2) is 50.2 Å². The average Bonchev–Trinajstić information content (AvgIpc) is 3.42. The van der Waals surface area contributed by atoms with E-state index >= 15 is 0 Å². The third-order valence-electron chi connectivity index (χ3n) is 6.01. The second kappa shape index (κ2) is 10.5. The predicted octanol–water partition coefficient (Wildman–Crippen LogP) is 4.33. The SMILES string of the molecule is COc1cc(-c2cc(C(=O)N/N=C/c3cc4c(cc3[N+](=O)[O-])OCO4)c3ccccc3n2)cc(OC)c1OC. The van der Waals surface area contributed by atoms with Crippen LogP contribution in [0.4, 0.5) is 5.69 Å². The number of benzene rings is 3. The van der Waals surface area contributed by atoms with Gasteiger partial charge in [-0.15, -0.1) is 0 Å². The number of aromatic nitrogens is 1. The average molecular weight is 530 g/mol. The zero-order valence-corrected chi connectivity index (χ0v) is 21.1. The van der Waals surface area contributed by atoms with Gasteiger partial charge in [0.2, 0.25) is 12.5 Å². The number of nitro groups is 1. The highest BCUT2D eigenvalue weighted by Gasteiger charge is 2.23. The van der Waals surface area contributed by atoms with Gasteiger partial charge in [-0.05, 0) is 30.3 Å². The summed E-state index contributed by atoms with van der Waals surface area (Å²) in [6, 6.07) is 14.9. The van der Waals surface area contributed by atoms with Crippen LogP contribution in [-0.2, 0) is 0 Å². The topological polar surface area (TPSA) is 144 Å². The van der Waals surface area contributed by atoms with Gasteiger partial charge in [0.25, 0.3) is 11.6 Å². The van der Waals surface area contributed by atoms with Crippen molar-refractivity contribution in [2.45, 2.75) is 0 Å². The Morgan fingerprint density at radius 2 is 1.72 bits per heavy atom. The Labute approximate surface area is 221 Å². The number of pyridine rings is 1. The highest BCUT2D eigenvalue weighted by atomic mass is 16.7. The normalized spacial score (nSPS) is 12.0. The Morgan fingerprint density at radius 3 is 2.38 bits per heavy atom. The molecular formula is C27H22N4O8. The first kappa shape index (κ1) is 25.3. The maximum Gasteiger partial charge on any atom is 0.282 e. The lowest BCUT2D eigenvalue weighted by Gasteiger charge is -2.15. The van der Waals surface area contributed by atoms with Crippen LogP contribution in [0.15, 0.2) is 59.7 Å². The summed E-state index contributed by atoms with van der Waals surface area (Å²) < 4.78 is 26.8. The summed E-state index contributed by atoms with van der Waals surface area (Å²) in [5.41, 5.74) is 4.33. The quantitative estimate of drug-likeness (QED) is 0.200. The number of carbonyl (C=O) groups excluding carboxylic acids is 1. The molecule has 1 aliphatic heterocycles. The van der Waals surface area contributed by atoms with Crippen LogP contribution in [0.2, 0.25) is 0 Å². The van der Waals surface area contributed by atoms with Crippen LogP contribution in [0.25, 0.3) is 22.2 Å². The lowest BCUT2D eigenvalue weighted by Crippen LogP contribution is -2.18. The van der Waals surface area contributed by atoms with Crippen molar-refractivity contribution in [3.05, 3.63) is 75.8 Å². The molecule has 5 rings (SSSR count). The molecule has 1 aromatic heterocycles. The van der Waals surface area contributed by atoms with E-state index in [4.69, 9.17) is 28.7 Å². The van der Waals surface area contributed by atoms with Crippen molar-refractivity contribution in [2.24, 2.45) is 5.10 Å². The molecule has 2 heterocycles. The summed E-state index contributed by atoms with van der Waals surface area (Å²) >= 11 is 0. The molecule has 0 unspecified atom stereocenters. The smallest absolute Gasteiger partial charge is 0.282 e. The number of nitrogens with zero attached hydrogens (tertiary/aromatic N) is 3. The Kier molecular flexibility index (Phi) is 6.83. The van der Waals surface area contributed by atoms with Crippen molar-refractivity contribution in [2.75, 3.05) is 28.1 Å². The van der Waals surface area contributed by atoms with Gasteiger partial charge in [-0.25, -0.2) is 10.4 Å². The third-order valence-corrected chi connectivity index (χ3v) is 6.01. The molecule has 0 saturated heterocycles. The van der Waals surface area contributed by atoms with Gasteiger partial charge in [-0.1, -0.05) is 18.2 Å². The molecule has 0 saturated carbocycles.